The summed E-state index contributed by atoms with van der Waals surface area (Å²) in [6, 6.07) is 6.79. The van der Waals surface area contributed by atoms with E-state index in [0.717, 1.165) is 12.1 Å². The van der Waals surface area contributed by atoms with Gasteiger partial charge in [-0.15, -0.1) is 0 Å². The molecule has 1 N–H and O–H groups in total. The summed E-state index contributed by atoms with van der Waals surface area (Å²) in [6.07, 6.45) is -2.64. The Kier molecular flexibility index (Phi) is 3.82. The van der Waals surface area contributed by atoms with Crippen LogP contribution in [0.15, 0.2) is 36.5 Å². The summed E-state index contributed by atoms with van der Waals surface area (Å²) in [4.78, 5) is 20.9. The first-order chi connectivity index (χ1) is 11.3. The highest BCUT2D eigenvalue weighted by molar-refractivity contribution is 5.92. The molecule has 0 radical (unpaired) electrons. The van der Waals surface area contributed by atoms with Gasteiger partial charge in [0, 0.05) is 20.3 Å². The largest absolute Gasteiger partial charge is 0.416 e. The second-order valence-electron chi connectivity index (χ2n) is 5.58. The molecule has 2 aromatic heterocycles. The Bertz CT molecular complexity index is 894. The minimum absolute atomic E-state index is 0.167. The number of aromatic amines is 1. The van der Waals surface area contributed by atoms with Crippen LogP contribution in [0.4, 0.5) is 13.2 Å². The zero-order chi connectivity index (χ0) is 17.5. The van der Waals surface area contributed by atoms with Crippen LogP contribution in [-0.2, 0) is 19.8 Å². The number of amides is 1. The van der Waals surface area contributed by atoms with Crippen LogP contribution in [0.25, 0.3) is 11.0 Å². The standard InChI is InChI=1S/C16H15F3N4O/c1-22-7-3-4-13(22)15(24)23(2)9-14-20-11-6-5-10(16(17,18)19)8-12(11)21-14/h3-8H,9H2,1-2H3,(H,20,21). The van der Waals surface area contributed by atoms with E-state index in [1.807, 2.05) is 0 Å². The van der Waals surface area contributed by atoms with Gasteiger partial charge in [-0.25, -0.2) is 4.98 Å². The summed E-state index contributed by atoms with van der Waals surface area (Å²) in [5, 5.41) is 0. The van der Waals surface area contributed by atoms with Crippen LogP contribution in [0.3, 0.4) is 0 Å². The molecule has 0 saturated heterocycles. The minimum atomic E-state index is -4.40. The molecule has 5 nitrogen and oxygen atoms in total. The molecule has 2 heterocycles. The molecule has 1 amide bonds. The van der Waals surface area contributed by atoms with Gasteiger partial charge in [0.2, 0.25) is 0 Å². The fourth-order valence-electron chi connectivity index (χ4n) is 2.49. The first-order valence-electron chi connectivity index (χ1n) is 7.18. The van der Waals surface area contributed by atoms with E-state index in [-0.39, 0.29) is 12.5 Å². The number of carbonyl (C=O) groups is 1. The average Bonchev–Trinajstić information content (AvgIpc) is 3.09. The first-order valence-corrected chi connectivity index (χ1v) is 7.18. The number of H-pyrrole nitrogens is 1. The number of aromatic nitrogens is 3. The summed E-state index contributed by atoms with van der Waals surface area (Å²) in [7, 11) is 3.38. The lowest BCUT2D eigenvalue weighted by atomic mass is 10.2. The Hall–Kier alpha value is -2.77. The van der Waals surface area contributed by atoms with Gasteiger partial charge in [-0.1, -0.05) is 0 Å². The molecule has 126 valence electrons. The first kappa shape index (κ1) is 16.1. The number of hydrogen-bond acceptors (Lipinski definition) is 2. The number of aryl methyl sites for hydroxylation is 1. The molecule has 24 heavy (non-hydrogen) atoms. The molecule has 0 saturated carbocycles. The third-order valence-electron chi connectivity index (χ3n) is 3.75. The van der Waals surface area contributed by atoms with Gasteiger partial charge in [-0.3, -0.25) is 4.79 Å². The van der Waals surface area contributed by atoms with Crippen molar-refractivity contribution in [2.45, 2.75) is 12.7 Å². The van der Waals surface area contributed by atoms with E-state index in [4.69, 9.17) is 0 Å². The molecule has 0 unspecified atom stereocenters. The van der Waals surface area contributed by atoms with E-state index >= 15 is 0 Å². The molecule has 0 aliphatic heterocycles. The van der Waals surface area contributed by atoms with Crippen molar-refractivity contribution < 1.29 is 18.0 Å². The fourth-order valence-corrected chi connectivity index (χ4v) is 2.49. The zero-order valence-electron chi connectivity index (χ0n) is 13.1. The topological polar surface area (TPSA) is 53.9 Å². The van der Waals surface area contributed by atoms with Crippen molar-refractivity contribution in [3.8, 4) is 0 Å². The van der Waals surface area contributed by atoms with E-state index in [9.17, 15) is 18.0 Å². The van der Waals surface area contributed by atoms with Gasteiger partial charge in [0.05, 0.1) is 23.1 Å². The Morgan fingerprint density at radius 2 is 2.08 bits per heavy atom. The van der Waals surface area contributed by atoms with E-state index in [0.29, 0.717) is 22.6 Å². The van der Waals surface area contributed by atoms with Gasteiger partial charge in [-0.2, -0.15) is 13.2 Å². The van der Waals surface area contributed by atoms with Gasteiger partial charge >= 0.3 is 6.18 Å². The summed E-state index contributed by atoms with van der Waals surface area (Å²) in [5.41, 5.74) is 0.503. The lowest BCUT2D eigenvalue weighted by Crippen LogP contribution is -2.28. The van der Waals surface area contributed by atoms with Gasteiger partial charge in [0.15, 0.2) is 0 Å². The number of alkyl halides is 3. The van der Waals surface area contributed by atoms with Gasteiger partial charge in [0.1, 0.15) is 11.5 Å². The maximum atomic E-state index is 12.7. The molecular weight excluding hydrogens is 321 g/mol. The van der Waals surface area contributed by atoms with Crippen molar-refractivity contribution in [3.05, 3.63) is 53.6 Å². The Morgan fingerprint density at radius 3 is 2.71 bits per heavy atom. The second kappa shape index (κ2) is 5.70. The average molecular weight is 336 g/mol. The number of fused-ring (bicyclic) bond motifs is 1. The quantitative estimate of drug-likeness (QED) is 0.799. The molecule has 0 bridgehead atoms. The minimum Gasteiger partial charge on any atom is -0.347 e. The van der Waals surface area contributed by atoms with E-state index in [1.54, 1.807) is 37.0 Å². The number of hydrogen-bond donors (Lipinski definition) is 1. The molecule has 3 aromatic rings. The molecule has 0 spiro atoms. The van der Waals surface area contributed by atoms with E-state index in [1.165, 1.54) is 11.0 Å². The van der Waals surface area contributed by atoms with Crippen molar-refractivity contribution in [2.75, 3.05) is 7.05 Å². The molecule has 3 rings (SSSR count). The van der Waals surface area contributed by atoms with Crippen molar-refractivity contribution in [1.82, 2.24) is 19.4 Å². The normalized spacial score (nSPS) is 11.9. The maximum absolute atomic E-state index is 12.7. The molecular formula is C16H15F3N4O. The maximum Gasteiger partial charge on any atom is 0.416 e. The summed E-state index contributed by atoms with van der Waals surface area (Å²) >= 11 is 0. The van der Waals surface area contributed by atoms with Crippen molar-refractivity contribution in [3.63, 3.8) is 0 Å². The summed E-state index contributed by atoms with van der Waals surface area (Å²) in [5.74, 6) is 0.230. The lowest BCUT2D eigenvalue weighted by molar-refractivity contribution is -0.137. The number of benzene rings is 1. The zero-order valence-corrected chi connectivity index (χ0v) is 13.1. The van der Waals surface area contributed by atoms with Crippen LogP contribution < -0.4 is 0 Å². The smallest absolute Gasteiger partial charge is 0.347 e. The summed E-state index contributed by atoms with van der Waals surface area (Å²) in [6.45, 7) is 0.167. The number of halogens is 3. The van der Waals surface area contributed by atoms with Crippen LogP contribution in [0.5, 0.6) is 0 Å². The number of rotatable bonds is 3. The fraction of sp³-hybridized carbons (Fsp3) is 0.250. The second-order valence-corrected chi connectivity index (χ2v) is 5.58. The van der Waals surface area contributed by atoms with Crippen LogP contribution in [0.2, 0.25) is 0 Å². The summed E-state index contributed by atoms with van der Waals surface area (Å²) < 4.78 is 39.9. The highest BCUT2D eigenvalue weighted by Gasteiger charge is 2.30. The highest BCUT2D eigenvalue weighted by atomic mass is 19.4. The van der Waals surface area contributed by atoms with Crippen molar-refractivity contribution >= 4 is 16.9 Å². The van der Waals surface area contributed by atoms with Crippen LogP contribution >= 0.6 is 0 Å². The third kappa shape index (κ3) is 2.99. The molecule has 0 aliphatic carbocycles. The van der Waals surface area contributed by atoms with Crippen LogP contribution in [0.1, 0.15) is 21.9 Å². The van der Waals surface area contributed by atoms with Gasteiger partial charge in [0.25, 0.3) is 5.91 Å². The molecule has 0 aliphatic rings. The molecule has 8 heteroatoms. The van der Waals surface area contributed by atoms with Crippen molar-refractivity contribution in [1.29, 1.82) is 0 Å². The lowest BCUT2D eigenvalue weighted by Gasteiger charge is -2.16. The number of nitrogens with zero attached hydrogens (tertiary/aromatic N) is 3. The third-order valence-corrected chi connectivity index (χ3v) is 3.75. The predicted octanol–water partition coefficient (Wildman–Crippen LogP) is 3.19. The monoisotopic (exact) mass is 336 g/mol. The number of nitrogens with one attached hydrogen (secondary N) is 1. The van der Waals surface area contributed by atoms with Crippen LogP contribution in [-0.4, -0.2) is 32.4 Å². The number of imidazole rings is 1. The Labute approximate surface area is 135 Å². The van der Waals surface area contributed by atoms with Gasteiger partial charge in [-0.05, 0) is 30.3 Å². The predicted molar refractivity (Wildman–Crippen MR) is 82.3 cm³/mol. The molecule has 0 fully saturated rings. The highest BCUT2D eigenvalue weighted by Crippen LogP contribution is 2.30. The van der Waals surface area contributed by atoms with E-state index < -0.39 is 11.7 Å². The van der Waals surface area contributed by atoms with E-state index in [2.05, 4.69) is 9.97 Å². The van der Waals surface area contributed by atoms with Crippen molar-refractivity contribution in [2.24, 2.45) is 7.05 Å². The Balaban J connectivity index is 1.82. The molecule has 0 atom stereocenters. The SMILES string of the molecule is CN(Cc1nc2ccc(C(F)(F)F)cc2[nH]1)C(=O)c1cccn1C. The van der Waals surface area contributed by atoms with Crippen LogP contribution in [0, 0.1) is 0 Å². The Morgan fingerprint density at radius 1 is 1.33 bits per heavy atom. The number of carbonyl (C=O) groups excluding carboxylic acids is 1. The van der Waals surface area contributed by atoms with Gasteiger partial charge < -0.3 is 14.5 Å². The molecule has 1 aromatic carbocycles.